The lowest BCUT2D eigenvalue weighted by Crippen LogP contribution is -2.29. The lowest BCUT2D eigenvalue weighted by Gasteiger charge is -2.11. The molecule has 1 amide bonds. The van der Waals surface area contributed by atoms with Crippen molar-refractivity contribution in [1.82, 2.24) is 30.5 Å². The first-order valence-corrected chi connectivity index (χ1v) is 5.65. The second kappa shape index (κ2) is 5.42. The van der Waals surface area contributed by atoms with E-state index in [1.54, 1.807) is 26.1 Å². The standard InChI is InChI=1S/C11H14N6O2/c1-7(10-14-15-16-17(10)2)13-11(18)9-6-8(19-3)4-5-12-9/h4-7H,1-3H3,(H,13,18)/t7-/m0/s1. The number of tetrazole rings is 1. The van der Waals surface area contributed by atoms with Gasteiger partial charge in [-0.3, -0.25) is 9.78 Å². The number of carbonyl (C=O) groups is 1. The quantitative estimate of drug-likeness (QED) is 0.840. The van der Waals surface area contributed by atoms with E-state index in [2.05, 4.69) is 25.8 Å². The fraction of sp³-hybridized carbons (Fsp3) is 0.364. The maximum absolute atomic E-state index is 12.0. The van der Waals surface area contributed by atoms with Crippen LogP contribution in [-0.2, 0) is 7.05 Å². The summed E-state index contributed by atoms with van der Waals surface area (Å²) < 4.78 is 6.55. The van der Waals surface area contributed by atoms with Crippen molar-refractivity contribution in [2.45, 2.75) is 13.0 Å². The van der Waals surface area contributed by atoms with Gasteiger partial charge in [0, 0.05) is 19.3 Å². The van der Waals surface area contributed by atoms with Gasteiger partial charge in [0.25, 0.3) is 5.91 Å². The van der Waals surface area contributed by atoms with Gasteiger partial charge in [-0.05, 0) is 23.4 Å². The molecule has 0 bridgehead atoms. The van der Waals surface area contributed by atoms with E-state index in [4.69, 9.17) is 4.74 Å². The van der Waals surface area contributed by atoms with Crippen molar-refractivity contribution in [1.29, 1.82) is 0 Å². The predicted molar refractivity (Wildman–Crippen MR) is 65.5 cm³/mol. The highest BCUT2D eigenvalue weighted by atomic mass is 16.5. The first-order chi connectivity index (χ1) is 9.11. The number of rotatable bonds is 4. The third-order valence-corrected chi connectivity index (χ3v) is 2.59. The normalized spacial score (nSPS) is 11.9. The SMILES string of the molecule is COc1ccnc(C(=O)N[C@@H](C)c2nnnn2C)c1. The van der Waals surface area contributed by atoms with E-state index in [1.807, 2.05) is 0 Å². The van der Waals surface area contributed by atoms with E-state index in [1.165, 1.54) is 18.0 Å². The average molecular weight is 262 g/mol. The molecule has 2 heterocycles. The summed E-state index contributed by atoms with van der Waals surface area (Å²) in [6.45, 7) is 1.80. The van der Waals surface area contributed by atoms with Crippen LogP contribution in [0.1, 0.15) is 29.3 Å². The number of methoxy groups -OCH3 is 1. The van der Waals surface area contributed by atoms with Gasteiger partial charge in [0.05, 0.1) is 13.2 Å². The van der Waals surface area contributed by atoms with Crippen molar-refractivity contribution >= 4 is 5.91 Å². The summed E-state index contributed by atoms with van der Waals surface area (Å²) in [5.41, 5.74) is 0.279. The van der Waals surface area contributed by atoms with Gasteiger partial charge in [-0.2, -0.15) is 0 Å². The predicted octanol–water partition coefficient (Wildman–Crippen LogP) is 0.105. The molecule has 0 spiro atoms. The molecule has 1 N–H and O–H groups in total. The minimum absolute atomic E-state index is 0.279. The van der Waals surface area contributed by atoms with Gasteiger partial charge in [0.15, 0.2) is 5.82 Å². The number of nitrogens with one attached hydrogen (secondary N) is 1. The van der Waals surface area contributed by atoms with Crippen LogP contribution in [0.15, 0.2) is 18.3 Å². The Morgan fingerprint density at radius 1 is 1.53 bits per heavy atom. The summed E-state index contributed by atoms with van der Waals surface area (Å²) in [4.78, 5) is 16.0. The molecule has 2 rings (SSSR count). The Morgan fingerprint density at radius 3 is 2.95 bits per heavy atom. The highest BCUT2D eigenvalue weighted by Crippen LogP contribution is 2.12. The first kappa shape index (κ1) is 12.9. The van der Waals surface area contributed by atoms with Gasteiger partial charge >= 0.3 is 0 Å². The largest absolute Gasteiger partial charge is 0.497 e. The summed E-state index contributed by atoms with van der Waals surface area (Å²) in [6.07, 6.45) is 1.52. The summed E-state index contributed by atoms with van der Waals surface area (Å²) in [7, 11) is 3.24. The molecule has 0 saturated heterocycles. The zero-order valence-corrected chi connectivity index (χ0v) is 10.9. The van der Waals surface area contributed by atoms with Crippen LogP contribution in [-0.4, -0.2) is 38.2 Å². The van der Waals surface area contributed by atoms with Crippen molar-refractivity contribution in [3.05, 3.63) is 29.8 Å². The maximum Gasteiger partial charge on any atom is 0.270 e. The van der Waals surface area contributed by atoms with E-state index in [9.17, 15) is 4.79 Å². The second-order valence-electron chi connectivity index (χ2n) is 3.94. The Hall–Kier alpha value is -2.51. The third-order valence-electron chi connectivity index (χ3n) is 2.59. The van der Waals surface area contributed by atoms with Gasteiger partial charge in [-0.1, -0.05) is 0 Å². The first-order valence-electron chi connectivity index (χ1n) is 5.65. The topological polar surface area (TPSA) is 94.8 Å². The molecule has 8 heteroatoms. The summed E-state index contributed by atoms with van der Waals surface area (Å²) >= 11 is 0. The molecule has 0 aliphatic heterocycles. The Labute approximate surface area is 109 Å². The molecular formula is C11H14N6O2. The van der Waals surface area contributed by atoms with Crippen molar-refractivity contribution < 1.29 is 9.53 Å². The Bertz CT molecular complexity index is 582. The molecule has 8 nitrogen and oxygen atoms in total. The summed E-state index contributed by atoms with van der Waals surface area (Å²) in [5.74, 6) is 0.832. The monoisotopic (exact) mass is 262 g/mol. The van der Waals surface area contributed by atoms with Gasteiger partial charge in [-0.15, -0.1) is 5.10 Å². The fourth-order valence-electron chi connectivity index (χ4n) is 1.60. The number of nitrogens with zero attached hydrogens (tertiary/aromatic N) is 5. The molecule has 0 unspecified atom stereocenters. The van der Waals surface area contributed by atoms with Crippen molar-refractivity contribution in [3.8, 4) is 5.75 Å². The van der Waals surface area contributed by atoms with Gasteiger partial charge in [-0.25, -0.2) is 4.68 Å². The molecule has 2 aromatic heterocycles. The van der Waals surface area contributed by atoms with Crippen LogP contribution in [0.3, 0.4) is 0 Å². The maximum atomic E-state index is 12.0. The highest BCUT2D eigenvalue weighted by molar-refractivity contribution is 5.92. The van der Waals surface area contributed by atoms with Crippen LogP contribution < -0.4 is 10.1 Å². The van der Waals surface area contributed by atoms with Crippen LogP contribution in [0, 0.1) is 0 Å². The van der Waals surface area contributed by atoms with Crippen LogP contribution in [0.25, 0.3) is 0 Å². The zero-order valence-electron chi connectivity index (χ0n) is 10.9. The molecule has 0 aliphatic carbocycles. The average Bonchev–Trinajstić information content (AvgIpc) is 2.85. The second-order valence-corrected chi connectivity index (χ2v) is 3.94. The Morgan fingerprint density at radius 2 is 2.32 bits per heavy atom. The van der Waals surface area contributed by atoms with Gasteiger partial charge in [0.1, 0.15) is 11.4 Å². The molecule has 100 valence electrons. The molecule has 0 fully saturated rings. The Kier molecular flexibility index (Phi) is 3.69. The molecule has 0 saturated carbocycles. The lowest BCUT2D eigenvalue weighted by atomic mass is 10.2. The molecule has 1 atom stereocenters. The van der Waals surface area contributed by atoms with Gasteiger partial charge < -0.3 is 10.1 Å². The number of ether oxygens (including phenoxy) is 1. The third kappa shape index (κ3) is 2.84. The number of pyridine rings is 1. The Balaban J connectivity index is 2.10. The van der Waals surface area contributed by atoms with Crippen LogP contribution >= 0.6 is 0 Å². The number of aryl methyl sites for hydroxylation is 1. The van der Waals surface area contributed by atoms with Crippen LogP contribution in [0.2, 0.25) is 0 Å². The summed E-state index contributed by atoms with van der Waals surface area (Å²) in [6, 6.07) is 2.92. The van der Waals surface area contributed by atoms with E-state index >= 15 is 0 Å². The highest BCUT2D eigenvalue weighted by Gasteiger charge is 2.17. The van der Waals surface area contributed by atoms with E-state index in [0.29, 0.717) is 11.6 Å². The molecule has 2 aromatic rings. The molecule has 0 aliphatic rings. The van der Waals surface area contributed by atoms with Crippen LogP contribution in [0.4, 0.5) is 0 Å². The van der Waals surface area contributed by atoms with E-state index < -0.39 is 0 Å². The van der Waals surface area contributed by atoms with Crippen molar-refractivity contribution in [2.75, 3.05) is 7.11 Å². The van der Waals surface area contributed by atoms with Gasteiger partial charge in [0.2, 0.25) is 0 Å². The zero-order chi connectivity index (χ0) is 13.8. The number of hydrogen-bond donors (Lipinski definition) is 1. The smallest absolute Gasteiger partial charge is 0.270 e. The molecule has 19 heavy (non-hydrogen) atoms. The minimum atomic E-state index is -0.319. The van der Waals surface area contributed by atoms with Crippen molar-refractivity contribution in [3.63, 3.8) is 0 Å². The minimum Gasteiger partial charge on any atom is -0.497 e. The lowest BCUT2D eigenvalue weighted by molar-refractivity contribution is 0.0932. The molecule has 0 radical (unpaired) electrons. The number of hydrogen-bond acceptors (Lipinski definition) is 6. The van der Waals surface area contributed by atoms with E-state index in [-0.39, 0.29) is 17.6 Å². The number of aromatic nitrogens is 5. The fourth-order valence-corrected chi connectivity index (χ4v) is 1.60. The van der Waals surface area contributed by atoms with E-state index in [0.717, 1.165) is 0 Å². The number of amides is 1. The number of carbonyl (C=O) groups excluding carboxylic acids is 1. The molecular weight excluding hydrogens is 248 g/mol. The molecule has 0 aromatic carbocycles. The van der Waals surface area contributed by atoms with Crippen LogP contribution in [0.5, 0.6) is 5.75 Å². The summed E-state index contributed by atoms with van der Waals surface area (Å²) in [5, 5.41) is 13.8. The van der Waals surface area contributed by atoms with Crippen molar-refractivity contribution in [2.24, 2.45) is 7.05 Å².